The average molecular weight is 464 g/mol. The molecule has 1 unspecified atom stereocenters. The van der Waals surface area contributed by atoms with Crippen molar-refractivity contribution in [1.82, 2.24) is 20.2 Å². The van der Waals surface area contributed by atoms with Crippen LogP contribution in [0.15, 0.2) is 24.3 Å². The number of anilines is 1. The van der Waals surface area contributed by atoms with Crippen molar-refractivity contribution in [2.24, 2.45) is 5.92 Å². The maximum atomic E-state index is 13.1. The van der Waals surface area contributed by atoms with E-state index in [9.17, 15) is 4.79 Å². The van der Waals surface area contributed by atoms with Gasteiger partial charge in [-0.1, -0.05) is 25.7 Å². The zero-order valence-corrected chi connectivity index (χ0v) is 21.0. The van der Waals surface area contributed by atoms with Gasteiger partial charge in [0.2, 0.25) is 0 Å². The fourth-order valence-electron chi connectivity index (χ4n) is 6.45. The summed E-state index contributed by atoms with van der Waals surface area (Å²) in [5, 5.41) is 3.29. The number of amides is 1. The van der Waals surface area contributed by atoms with Crippen molar-refractivity contribution >= 4 is 22.8 Å². The minimum atomic E-state index is -0.0628. The summed E-state index contributed by atoms with van der Waals surface area (Å²) in [5.41, 5.74) is 2.14. The Hall–Kier alpha value is -2.21. The van der Waals surface area contributed by atoms with Gasteiger partial charge < -0.3 is 10.2 Å². The Morgan fingerprint density at radius 2 is 1.53 bits per heavy atom. The van der Waals surface area contributed by atoms with Gasteiger partial charge in [0.05, 0.1) is 11.0 Å². The van der Waals surface area contributed by atoms with Crippen LogP contribution in [-0.4, -0.2) is 58.5 Å². The van der Waals surface area contributed by atoms with E-state index in [1.807, 2.05) is 18.2 Å². The normalized spacial score (nSPS) is 27.1. The fourth-order valence-corrected chi connectivity index (χ4v) is 6.45. The summed E-state index contributed by atoms with van der Waals surface area (Å²) in [7, 11) is 0. The summed E-state index contributed by atoms with van der Waals surface area (Å²) in [6.45, 7) is 8.02. The Bertz CT molecular complexity index is 968. The van der Waals surface area contributed by atoms with E-state index in [-0.39, 0.29) is 11.9 Å². The number of pyridine rings is 2. The first-order chi connectivity index (χ1) is 16.6. The maximum Gasteiger partial charge on any atom is 0.270 e. The van der Waals surface area contributed by atoms with Crippen LogP contribution in [0, 0.1) is 5.92 Å². The fraction of sp³-hybridized carbons (Fsp3) is 0.679. The Morgan fingerprint density at radius 1 is 0.882 bits per heavy atom. The van der Waals surface area contributed by atoms with E-state index in [0.717, 1.165) is 48.7 Å². The lowest BCUT2D eigenvalue weighted by molar-refractivity contribution is 0.0615. The van der Waals surface area contributed by atoms with Gasteiger partial charge in [-0.3, -0.25) is 9.69 Å². The van der Waals surface area contributed by atoms with Gasteiger partial charge in [0.15, 0.2) is 0 Å². The maximum absolute atomic E-state index is 13.1. The van der Waals surface area contributed by atoms with Crippen molar-refractivity contribution in [2.75, 3.05) is 24.5 Å². The molecule has 4 heterocycles. The van der Waals surface area contributed by atoms with Gasteiger partial charge in [0.25, 0.3) is 5.91 Å². The van der Waals surface area contributed by atoms with Crippen LogP contribution in [0.3, 0.4) is 0 Å². The van der Waals surface area contributed by atoms with Gasteiger partial charge in [0, 0.05) is 37.8 Å². The highest BCUT2D eigenvalue weighted by Crippen LogP contribution is 2.30. The smallest absolute Gasteiger partial charge is 0.270 e. The molecule has 0 radical (unpaired) electrons. The molecule has 6 nitrogen and oxygen atoms in total. The van der Waals surface area contributed by atoms with Gasteiger partial charge in [-0.25, -0.2) is 9.97 Å². The molecule has 1 amide bonds. The van der Waals surface area contributed by atoms with E-state index in [0.29, 0.717) is 17.8 Å². The summed E-state index contributed by atoms with van der Waals surface area (Å²) in [6.07, 6.45) is 12.7. The lowest BCUT2D eigenvalue weighted by atomic mass is 9.91. The quantitative estimate of drug-likeness (QED) is 0.663. The van der Waals surface area contributed by atoms with Gasteiger partial charge in [-0.15, -0.1) is 0 Å². The third-order valence-electron chi connectivity index (χ3n) is 8.35. The molecule has 1 saturated carbocycles. The largest absolute Gasteiger partial charge is 0.357 e. The zero-order chi connectivity index (χ0) is 23.5. The Morgan fingerprint density at radius 3 is 2.24 bits per heavy atom. The molecular formula is C28H41N5O. The zero-order valence-electron chi connectivity index (χ0n) is 21.0. The number of piperidine rings is 1. The molecule has 2 saturated heterocycles. The van der Waals surface area contributed by atoms with Crippen LogP contribution in [0.2, 0.25) is 0 Å². The van der Waals surface area contributed by atoms with Crippen molar-refractivity contribution in [1.29, 1.82) is 0 Å². The highest BCUT2D eigenvalue weighted by Gasteiger charge is 2.33. The molecule has 184 valence electrons. The number of nitrogens with zero attached hydrogens (tertiary/aromatic N) is 4. The van der Waals surface area contributed by atoms with Crippen molar-refractivity contribution in [2.45, 2.75) is 96.2 Å². The number of fused-ring (bicyclic) bond motifs is 1. The first-order valence-corrected chi connectivity index (χ1v) is 13.7. The number of likely N-dealkylation sites (tertiary alicyclic amines) is 1. The summed E-state index contributed by atoms with van der Waals surface area (Å²) < 4.78 is 0. The molecule has 3 aliphatic rings. The highest BCUT2D eigenvalue weighted by atomic mass is 16.1. The molecule has 0 spiro atoms. The number of aromatic nitrogens is 2. The molecule has 5 rings (SSSR count). The molecule has 3 fully saturated rings. The van der Waals surface area contributed by atoms with E-state index in [4.69, 9.17) is 4.98 Å². The molecule has 1 N–H and O–H groups in total. The van der Waals surface area contributed by atoms with Crippen molar-refractivity contribution in [3.63, 3.8) is 0 Å². The van der Waals surface area contributed by atoms with E-state index in [2.05, 4.69) is 40.0 Å². The second-order valence-corrected chi connectivity index (χ2v) is 11.0. The minimum Gasteiger partial charge on any atom is -0.357 e. The predicted octanol–water partition coefficient (Wildman–Crippen LogP) is 5.17. The summed E-state index contributed by atoms with van der Waals surface area (Å²) in [6, 6.07) is 9.07. The molecule has 1 aliphatic carbocycles. The number of hydrogen-bond donors (Lipinski definition) is 1. The third kappa shape index (κ3) is 5.37. The summed E-state index contributed by atoms with van der Waals surface area (Å²) >= 11 is 0. The topological polar surface area (TPSA) is 61.4 Å². The average Bonchev–Trinajstić information content (AvgIpc) is 3.20. The van der Waals surface area contributed by atoms with E-state index in [1.54, 1.807) is 0 Å². The molecule has 6 heteroatoms. The predicted molar refractivity (Wildman–Crippen MR) is 138 cm³/mol. The second-order valence-electron chi connectivity index (χ2n) is 11.0. The molecular weight excluding hydrogens is 422 g/mol. The Kier molecular flexibility index (Phi) is 7.33. The Balaban J connectivity index is 1.21. The van der Waals surface area contributed by atoms with Gasteiger partial charge >= 0.3 is 0 Å². The van der Waals surface area contributed by atoms with Crippen LogP contribution in [0.5, 0.6) is 0 Å². The molecule has 0 bridgehead atoms. The van der Waals surface area contributed by atoms with E-state index >= 15 is 0 Å². The van der Waals surface area contributed by atoms with Crippen LogP contribution < -0.4 is 10.2 Å². The van der Waals surface area contributed by atoms with Crippen molar-refractivity contribution in [3.8, 4) is 0 Å². The SMILES string of the molecule is C[C@@H]1CC(NC(=O)c2ccc3nc(N4CCCCCC4)ccc3n2)C[C@H](C)N1CC1CCCC1. The Labute approximate surface area is 204 Å². The van der Waals surface area contributed by atoms with Crippen LogP contribution >= 0.6 is 0 Å². The van der Waals surface area contributed by atoms with Crippen molar-refractivity contribution in [3.05, 3.63) is 30.0 Å². The standard InChI is InChI=1S/C28H41N5O/c1-20-17-23(18-21(2)33(20)19-22-9-5-6-10-22)29-28(34)26-12-11-25-24(30-26)13-14-27(31-25)32-15-7-3-4-8-16-32/h11-14,20-23H,3-10,15-19H2,1-2H3,(H,29,34)/t20-,21+,23?. The first-order valence-electron chi connectivity index (χ1n) is 13.7. The van der Waals surface area contributed by atoms with E-state index in [1.165, 1.54) is 57.9 Å². The second kappa shape index (κ2) is 10.6. The third-order valence-corrected chi connectivity index (χ3v) is 8.35. The van der Waals surface area contributed by atoms with Crippen LogP contribution in [0.1, 0.15) is 88.5 Å². The first kappa shape index (κ1) is 23.5. The number of hydrogen-bond acceptors (Lipinski definition) is 5. The van der Waals surface area contributed by atoms with Crippen LogP contribution in [0.25, 0.3) is 11.0 Å². The molecule has 34 heavy (non-hydrogen) atoms. The van der Waals surface area contributed by atoms with Crippen LogP contribution in [0.4, 0.5) is 5.82 Å². The molecule has 2 aromatic rings. The lowest BCUT2D eigenvalue weighted by Crippen LogP contribution is -2.54. The minimum absolute atomic E-state index is 0.0628. The summed E-state index contributed by atoms with van der Waals surface area (Å²) in [5.74, 6) is 1.83. The highest BCUT2D eigenvalue weighted by molar-refractivity contribution is 5.94. The van der Waals surface area contributed by atoms with Crippen molar-refractivity contribution < 1.29 is 4.79 Å². The summed E-state index contributed by atoms with van der Waals surface area (Å²) in [4.78, 5) is 27.6. The van der Waals surface area contributed by atoms with Gasteiger partial charge in [0.1, 0.15) is 11.5 Å². The lowest BCUT2D eigenvalue weighted by Gasteiger charge is -2.44. The molecule has 2 aliphatic heterocycles. The molecule has 2 aromatic heterocycles. The number of nitrogens with one attached hydrogen (secondary N) is 1. The van der Waals surface area contributed by atoms with Crippen LogP contribution in [-0.2, 0) is 0 Å². The number of rotatable bonds is 5. The monoisotopic (exact) mass is 463 g/mol. The molecule has 3 atom stereocenters. The number of carbonyl (C=O) groups excluding carboxylic acids is 1. The number of carbonyl (C=O) groups is 1. The van der Waals surface area contributed by atoms with E-state index < -0.39 is 0 Å². The van der Waals surface area contributed by atoms with Gasteiger partial charge in [-0.2, -0.15) is 0 Å². The molecule has 0 aromatic carbocycles. The van der Waals surface area contributed by atoms with Gasteiger partial charge in [-0.05, 0) is 82.6 Å².